The molecule has 0 saturated carbocycles. The maximum atomic E-state index is 6.59. The highest BCUT2D eigenvalue weighted by Gasteiger charge is 2.22. The number of para-hydroxylation sites is 3. The molecule has 0 saturated heterocycles. The zero-order valence-corrected chi connectivity index (χ0v) is 30.5. The molecule has 6 nitrogen and oxygen atoms in total. The Morgan fingerprint density at radius 3 is 1.61 bits per heavy atom. The van der Waals surface area contributed by atoms with E-state index in [-0.39, 0.29) is 0 Å². The van der Waals surface area contributed by atoms with Gasteiger partial charge in [0.05, 0.1) is 22.1 Å². The predicted octanol–water partition coefficient (Wildman–Crippen LogP) is 13.0. The average molecular weight is 730 g/mol. The van der Waals surface area contributed by atoms with Crippen molar-refractivity contribution in [2.24, 2.45) is 0 Å². The minimum absolute atomic E-state index is 0.592. The van der Waals surface area contributed by atoms with Crippen LogP contribution in [0, 0.1) is 0 Å². The molecule has 0 aliphatic heterocycles. The Morgan fingerprint density at radius 2 is 0.912 bits per heavy atom. The van der Waals surface area contributed by atoms with Gasteiger partial charge in [0, 0.05) is 60.4 Å². The highest BCUT2D eigenvalue weighted by molar-refractivity contribution is 6.26. The van der Waals surface area contributed by atoms with E-state index in [4.69, 9.17) is 19.4 Å². The highest BCUT2D eigenvalue weighted by atomic mass is 16.3. The number of fused-ring (bicyclic) bond motifs is 10. The van der Waals surface area contributed by atoms with Crippen LogP contribution in [0.3, 0.4) is 0 Å². The second-order valence-corrected chi connectivity index (χ2v) is 14.4. The van der Waals surface area contributed by atoms with Crippen molar-refractivity contribution in [2.45, 2.75) is 0 Å². The Hall–Kier alpha value is -7.83. The molecule has 4 aromatic heterocycles. The third kappa shape index (κ3) is 4.87. The molecule has 0 fully saturated rings. The van der Waals surface area contributed by atoms with Gasteiger partial charge < -0.3 is 13.6 Å². The second kappa shape index (κ2) is 12.3. The van der Waals surface area contributed by atoms with E-state index in [1.165, 1.54) is 38.1 Å². The normalized spacial score (nSPS) is 11.9. The van der Waals surface area contributed by atoms with E-state index in [1.54, 1.807) is 0 Å². The molecule has 0 N–H and O–H groups in total. The van der Waals surface area contributed by atoms with Gasteiger partial charge in [0.1, 0.15) is 11.2 Å². The molecule has 0 bridgehead atoms. The van der Waals surface area contributed by atoms with Gasteiger partial charge in [-0.15, -0.1) is 0 Å². The third-order valence-electron chi connectivity index (χ3n) is 11.2. The van der Waals surface area contributed by atoms with Crippen molar-refractivity contribution in [3.63, 3.8) is 0 Å². The topological polar surface area (TPSA) is 61.7 Å². The van der Waals surface area contributed by atoms with Gasteiger partial charge in [0.2, 0.25) is 0 Å². The van der Waals surface area contributed by atoms with E-state index >= 15 is 0 Å². The van der Waals surface area contributed by atoms with Crippen LogP contribution in [0.1, 0.15) is 0 Å². The molecule has 0 unspecified atom stereocenters. The van der Waals surface area contributed by atoms with Crippen LogP contribution >= 0.6 is 0 Å². The van der Waals surface area contributed by atoms with E-state index in [2.05, 4.69) is 137 Å². The van der Waals surface area contributed by atoms with Crippen molar-refractivity contribution in [2.75, 3.05) is 0 Å². The maximum absolute atomic E-state index is 6.59. The molecule has 12 aromatic rings. The Bertz CT molecular complexity index is 3450. The summed E-state index contributed by atoms with van der Waals surface area (Å²) in [5.41, 5.74) is 11.2. The number of aromatic nitrogens is 5. The highest BCUT2D eigenvalue weighted by Crippen LogP contribution is 2.43. The number of rotatable bonds is 5. The van der Waals surface area contributed by atoms with Crippen LogP contribution < -0.4 is 0 Å². The fourth-order valence-electron chi connectivity index (χ4n) is 8.61. The summed E-state index contributed by atoms with van der Waals surface area (Å²) in [6.45, 7) is 0. The average Bonchev–Trinajstić information content (AvgIpc) is 3.94. The second-order valence-electron chi connectivity index (χ2n) is 14.4. The summed E-state index contributed by atoms with van der Waals surface area (Å²) in [5, 5.41) is 6.96. The quantitative estimate of drug-likeness (QED) is 0.177. The molecular formula is C51H31N5O. The van der Waals surface area contributed by atoms with E-state index in [1.807, 2.05) is 60.7 Å². The van der Waals surface area contributed by atoms with Crippen LogP contribution in [0.2, 0.25) is 0 Å². The summed E-state index contributed by atoms with van der Waals surface area (Å²) in [5.74, 6) is 1.84. The molecule has 0 spiro atoms. The maximum Gasteiger partial charge on any atom is 0.164 e. The molecule has 6 heteroatoms. The van der Waals surface area contributed by atoms with Crippen LogP contribution in [-0.2, 0) is 0 Å². The van der Waals surface area contributed by atoms with Gasteiger partial charge in [-0.2, -0.15) is 0 Å². The number of hydrogen-bond acceptors (Lipinski definition) is 4. The number of benzene rings is 8. The molecule has 4 heterocycles. The van der Waals surface area contributed by atoms with Crippen LogP contribution in [0.15, 0.2) is 192 Å². The molecule has 0 atom stereocenters. The standard InChI is InChI=1S/C51H31N5O/c1-4-14-32(15-5-1)49-52-50(33-16-6-2-7-17-33)54-51(53-49)34-24-26-38-41-31-36(25-29-45(41)57-46(38)30-34)56-42-22-12-10-20-37(42)39-27-28-44-47(48(39)56)40-21-11-13-23-43(40)55(44)35-18-8-3-9-19-35/h1-31H. The third-order valence-corrected chi connectivity index (χ3v) is 11.2. The molecule has 0 amide bonds. The molecule has 12 rings (SSSR count). The van der Waals surface area contributed by atoms with E-state index in [9.17, 15) is 0 Å². The summed E-state index contributed by atoms with van der Waals surface area (Å²) in [4.78, 5) is 14.8. The van der Waals surface area contributed by atoms with Crippen LogP contribution in [0.4, 0.5) is 0 Å². The summed E-state index contributed by atoms with van der Waals surface area (Å²) >= 11 is 0. The van der Waals surface area contributed by atoms with Crippen molar-refractivity contribution in [3.05, 3.63) is 188 Å². The van der Waals surface area contributed by atoms with Gasteiger partial charge in [0.15, 0.2) is 17.5 Å². The first-order valence-corrected chi connectivity index (χ1v) is 19.1. The molecule has 266 valence electrons. The molecule has 0 aliphatic carbocycles. The first-order valence-electron chi connectivity index (χ1n) is 19.1. The van der Waals surface area contributed by atoms with Gasteiger partial charge in [0.25, 0.3) is 0 Å². The number of furan rings is 1. The molecular weight excluding hydrogens is 699 g/mol. The minimum Gasteiger partial charge on any atom is -0.456 e. The SMILES string of the molecule is c1ccc(-c2nc(-c3ccccc3)nc(-c3ccc4c(c3)oc3ccc(-n5c6ccccc6c6ccc7c(c8ccccc8n7-c7ccccc7)c65)cc34)n2)cc1. The first-order chi connectivity index (χ1) is 28.3. The van der Waals surface area contributed by atoms with Gasteiger partial charge in [-0.05, 0) is 60.7 Å². The monoisotopic (exact) mass is 729 g/mol. The zero-order valence-electron chi connectivity index (χ0n) is 30.5. The summed E-state index contributed by atoms with van der Waals surface area (Å²) in [6.07, 6.45) is 0. The van der Waals surface area contributed by atoms with Crippen molar-refractivity contribution in [1.82, 2.24) is 24.1 Å². The van der Waals surface area contributed by atoms with Gasteiger partial charge in [-0.25, -0.2) is 15.0 Å². The predicted molar refractivity (Wildman–Crippen MR) is 232 cm³/mol. The van der Waals surface area contributed by atoms with Crippen molar-refractivity contribution in [3.8, 4) is 45.5 Å². The number of hydrogen-bond donors (Lipinski definition) is 0. The lowest BCUT2D eigenvalue weighted by atomic mass is 10.1. The zero-order chi connectivity index (χ0) is 37.5. The summed E-state index contributed by atoms with van der Waals surface area (Å²) < 4.78 is 11.4. The molecule has 0 radical (unpaired) electrons. The van der Waals surface area contributed by atoms with Gasteiger partial charge in [-0.1, -0.05) is 127 Å². The number of nitrogens with zero attached hydrogens (tertiary/aromatic N) is 5. The van der Waals surface area contributed by atoms with Crippen LogP contribution in [0.25, 0.3) is 111 Å². The minimum atomic E-state index is 0.592. The fraction of sp³-hybridized carbons (Fsp3) is 0. The van der Waals surface area contributed by atoms with E-state index < -0.39 is 0 Å². The largest absolute Gasteiger partial charge is 0.456 e. The van der Waals surface area contributed by atoms with E-state index in [0.717, 1.165) is 55.5 Å². The van der Waals surface area contributed by atoms with Gasteiger partial charge >= 0.3 is 0 Å². The Labute approximate surface area is 326 Å². The van der Waals surface area contributed by atoms with Crippen LogP contribution in [-0.4, -0.2) is 24.1 Å². The summed E-state index contributed by atoms with van der Waals surface area (Å²) in [6, 6.07) is 65.6. The summed E-state index contributed by atoms with van der Waals surface area (Å²) in [7, 11) is 0. The van der Waals surface area contributed by atoms with Crippen molar-refractivity contribution in [1.29, 1.82) is 0 Å². The molecule has 8 aromatic carbocycles. The lowest BCUT2D eigenvalue weighted by molar-refractivity contribution is 0.669. The first kappa shape index (κ1) is 31.5. The van der Waals surface area contributed by atoms with Gasteiger partial charge in [-0.3, -0.25) is 0 Å². The molecule has 57 heavy (non-hydrogen) atoms. The smallest absolute Gasteiger partial charge is 0.164 e. The Morgan fingerprint density at radius 1 is 0.333 bits per heavy atom. The van der Waals surface area contributed by atoms with Crippen LogP contribution in [0.5, 0.6) is 0 Å². The molecule has 0 aliphatic rings. The lowest BCUT2D eigenvalue weighted by Gasteiger charge is -2.10. The Balaban J connectivity index is 1.06. The Kier molecular flexibility index (Phi) is 6.83. The van der Waals surface area contributed by atoms with Crippen molar-refractivity contribution >= 4 is 65.6 Å². The van der Waals surface area contributed by atoms with Crippen molar-refractivity contribution < 1.29 is 4.42 Å². The lowest BCUT2D eigenvalue weighted by Crippen LogP contribution is -2.00. The fourth-order valence-corrected chi connectivity index (χ4v) is 8.61. The van der Waals surface area contributed by atoms with E-state index in [0.29, 0.717) is 17.5 Å².